The van der Waals surface area contributed by atoms with Gasteiger partial charge in [-0.1, -0.05) is 37.3 Å². The number of benzene rings is 2. The molecule has 0 aliphatic carbocycles. The van der Waals surface area contributed by atoms with Crippen molar-refractivity contribution in [3.05, 3.63) is 65.5 Å². The van der Waals surface area contributed by atoms with Crippen molar-refractivity contribution in [2.75, 3.05) is 6.54 Å². The molecule has 0 unspecified atom stereocenters. The lowest BCUT2D eigenvalue weighted by molar-refractivity contribution is 0.431. The summed E-state index contributed by atoms with van der Waals surface area (Å²) in [5.41, 5.74) is 0.899. The van der Waals surface area contributed by atoms with Gasteiger partial charge in [0.25, 0.3) is 0 Å². The van der Waals surface area contributed by atoms with Crippen LogP contribution in [-0.4, -0.2) is 15.0 Å². The molecule has 0 saturated carbocycles. The van der Waals surface area contributed by atoms with Crippen molar-refractivity contribution in [1.82, 2.24) is 4.72 Å². The van der Waals surface area contributed by atoms with Crippen LogP contribution in [0.4, 0.5) is 13.2 Å². The average molecular weight is 329 g/mol. The molecule has 0 aliphatic heterocycles. The molecule has 3 nitrogen and oxygen atoms in total. The van der Waals surface area contributed by atoms with Crippen LogP contribution in [-0.2, 0) is 10.0 Å². The van der Waals surface area contributed by atoms with Crippen LogP contribution in [0.25, 0.3) is 0 Å². The van der Waals surface area contributed by atoms with Crippen LogP contribution in [0, 0.1) is 17.5 Å². The van der Waals surface area contributed by atoms with E-state index in [4.69, 9.17) is 0 Å². The zero-order chi connectivity index (χ0) is 16.3. The van der Waals surface area contributed by atoms with Crippen molar-refractivity contribution in [2.45, 2.75) is 17.7 Å². The van der Waals surface area contributed by atoms with Gasteiger partial charge in [0.15, 0.2) is 17.5 Å². The Morgan fingerprint density at radius 2 is 1.64 bits per heavy atom. The maximum Gasteiger partial charge on any atom is 0.243 e. The third-order valence-electron chi connectivity index (χ3n) is 3.24. The Kier molecular flexibility index (Phi) is 4.87. The second kappa shape index (κ2) is 6.50. The highest BCUT2D eigenvalue weighted by Crippen LogP contribution is 2.20. The number of halogens is 3. The molecule has 7 heteroatoms. The molecule has 0 aromatic heterocycles. The van der Waals surface area contributed by atoms with E-state index in [-0.39, 0.29) is 12.5 Å². The van der Waals surface area contributed by atoms with E-state index in [9.17, 15) is 21.6 Å². The van der Waals surface area contributed by atoms with Crippen molar-refractivity contribution >= 4 is 10.0 Å². The summed E-state index contributed by atoms with van der Waals surface area (Å²) in [6.07, 6.45) is 0. The number of rotatable bonds is 5. The standard InChI is InChI=1S/C15H14F3NO2S/c1-10(11-5-3-2-4-6-11)9-19-22(20,21)13-8-7-12(16)14(17)15(13)18/h2-8,10,19H,9H2,1H3/t10-/m0/s1. The smallest absolute Gasteiger partial charge is 0.210 e. The van der Waals surface area contributed by atoms with Gasteiger partial charge < -0.3 is 0 Å². The van der Waals surface area contributed by atoms with Gasteiger partial charge in [-0.15, -0.1) is 0 Å². The maximum atomic E-state index is 13.6. The van der Waals surface area contributed by atoms with Crippen LogP contribution in [0.1, 0.15) is 18.4 Å². The van der Waals surface area contributed by atoms with Gasteiger partial charge in [-0.05, 0) is 23.6 Å². The fraction of sp³-hybridized carbons (Fsp3) is 0.200. The largest absolute Gasteiger partial charge is 0.243 e. The van der Waals surface area contributed by atoms with Crippen LogP contribution >= 0.6 is 0 Å². The van der Waals surface area contributed by atoms with Crippen molar-refractivity contribution < 1.29 is 21.6 Å². The van der Waals surface area contributed by atoms with Gasteiger partial charge in [-0.2, -0.15) is 0 Å². The van der Waals surface area contributed by atoms with Gasteiger partial charge in [0.05, 0.1) is 0 Å². The lowest BCUT2D eigenvalue weighted by atomic mass is 10.0. The van der Waals surface area contributed by atoms with E-state index in [1.807, 2.05) is 30.3 Å². The molecule has 22 heavy (non-hydrogen) atoms. The van der Waals surface area contributed by atoms with Crippen molar-refractivity contribution in [1.29, 1.82) is 0 Å². The van der Waals surface area contributed by atoms with Gasteiger partial charge in [0.2, 0.25) is 10.0 Å². The zero-order valence-corrected chi connectivity index (χ0v) is 12.5. The first kappa shape index (κ1) is 16.5. The second-order valence-electron chi connectivity index (χ2n) is 4.84. The predicted octanol–water partition coefficient (Wildman–Crippen LogP) is 3.19. The first-order valence-electron chi connectivity index (χ1n) is 6.51. The number of hydrogen-bond acceptors (Lipinski definition) is 2. The monoisotopic (exact) mass is 329 g/mol. The van der Waals surface area contributed by atoms with E-state index in [1.54, 1.807) is 6.92 Å². The molecule has 1 atom stereocenters. The van der Waals surface area contributed by atoms with E-state index < -0.39 is 32.4 Å². The van der Waals surface area contributed by atoms with Crippen molar-refractivity contribution in [3.63, 3.8) is 0 Å². The van der Waals surface area contributed by atoms with Crippen LogP contribution in [0.3, 0.4) is 0 Å². The number of nitrogens with one attached hydrogen (secondary N) is 1. The molecule has 0 spiro atoms. The Labute approximate surface area is 126 Å². The summed E-state index contributed by atoms with van der Waals surface area (Å²) in [4.78, 5) is -0.910. The molecule has 1 N–H and O–H groups in total. The third kappa shape index (κ3) is 3.48. The first-order chi connectivity index (χ1) is 10.3. The number of sulfonamides is 1. The fourth-order valence-corrected chi connectivity index (χ4v) is 3.13. The van der Waals surface area contributed by atoms with Gasteiger partial charge in [-0.25, -0.2) is 26.3 Å². The summed E-state index contributed by atoms with van der Waals surface area (Å²) in [6.45, 7) is 1.80. The van der Waals surface area contributed by atoms with Gasteiger partial charge >= 0.3 is 0 Å². The molecule has 0 amide bonds. The minimum Gasteiger partial charge on any atom is -0.210 e. The van der Waals surface area contributed by atoms with E-state index in [0.29, 0.717) is 12.1 Å². The Bertz CT molecular complexity index is 764. The summed E-state index contributed by atoms with van der Waals surface area (Å²) < 4.78 is 65.8. The Hall–Kier alpha value is -1.86. The zero-order valence-electron chi connectivity index (χ0n) is 11.7. The molecule has 0 fully saturated rings. The van der Waals surface area contributed by atoms with Crippen LogP contribution in [0.15, 0.2) is 47.4 Å². The van der Waals surface area contributed by atoms with E-state index in [1.165, 1.54) is 0 Å². The van der Waals surface area contributed by atoms with Crippen LogP contribution < -0.4 is 4.72 Å². The summed E-state index contributed by atoms with van der Waals surface area (Å²) in [7, 11) is -4.26. The van der Waals surface area contributed by atoms with Gasteiger partial charge in [-0.3, -0.25) is 0 Å². The van der Waals surface area contributed by atoms with E-state index in [2.05, 4.69) is 4.72 Å². The predicted molar refractivity (Wildman–Crippen MR) is 76.4 cm³/mol. The van der Waals surface area contributed by atoms with E-state index in [0.717, 1.165) is 5.56 Å². The first-order valence-corrected chi connectivity index (χ1v) is 7.99. The van der Waals surface area contributed by atoms with Gasteiger partial charge in [0, 0.05) is 6.54 Å². The molecule has 2 aromatic rings. The molecule has 2 aromatic carbocycles. The highest BCUT2D eigenvalue weighted by atomic mass is 32.2. The molecular weight excluding hydrogens is 315 g/mol. The third-order valence-corrected chi connectivity index (χ3v) is 4.68. The molecule has 0 bridgehead atoms. The Morgan fingerprint density at radius 1 is 1.00 bits per heavy atom. The molecular formula is C15H14F3NO2S. The summed E-state index contributed by atoms with van der Waals surface area (Å²) in [5.74, 6) is -5.13. The van der Waals surface area contributed by atoms with Crippen LogP contribution in [0.5, 0.6) is 0 Å². The molecule has 118 valence electrons. The second-order valence-corrected chi connectivity index (χ2v) is 6.57. The minimum absolute atomic E-state index is 0.00474. The lowest BCUT2D eigenvalue weighted by Gasteiger charge is -2.14. The molecule has 0 radical (unpaired) electrons. The Balaban J connectivity index is 2.17. The molecule has 0 saturated heterocycles. The van der Waals surface area contributed by atoms with E-state index >= 15 is 0 Å². The highest BCUT2D eigenvalue weighted by Gasteiger charge is 2.24. The topological polar surface area (TPSA) is 46.2 Å². The molecule has 0 aliphatic rings. The quantitative estimate of drug-likeness (QED) is 0.857. The minimum atomic E-state index is -4.26. The Morgan fingerprint density at radius 3 is 2.27 bits per heavy atom. The number of hydrogen-bond donors (Lipinski definition) is 1. The van der Waals surface area contributed by atoms with Gasteiger partial charge in [0.1, 0.15) is 4.90 Å². The van der Waals surface area contributed by atoms with Crippen molar-refractivity contribution in [3.8, 4) is 0 Å². The van der Waals surface area contributed by atoms with Crippen molar-refractivity contribution in [2.24, 2.45) is 0 Å². The fourth-order valence-electron chi connectivity index (χ4n) is 1.93. The highest BCUT2D eigenvalue weighted by molar-refractivity contribution is 7.89. The molecule has 2 rings (SSSR count). The summed E-state index contributed by atoms with van der Waals surface area (Å²) in [6, 6.07) is 10.4. The maximum absolute atomic E-state index is 13.6. The lowest BCUT2D eigenvalue weighted by Crippen LogP contribution is -2.28. The SMILES string of the molecule is C[C@@H](CNS(=O)(=O)c1ccc(F)c(F)c1F)c1ccccc1. The summed E-state index contributed by atoms with van der Waals surface area (Å²) >= 11 is 0. The summed E-state index contributed by atoms with van der Waals surface area (Å²) in [5, 5.41) is 0. The van der Waals surface area contributed by atoms with Crippen LogP contribution in [0.2, 0.25) is 0 Å². The average Bonchev–Trinajstić information content (AvgIpc) is 2.51. The normalized spacial score (nSPS) is 13.1. The molecule has 0 heterocycles.